The molecule has 1 aromatic carbocycles. The van der Waals surface area contributed by atoms with E-state index < -0.39 is 22.0 Å². The predicted molar refractivity (Wildman–Crippen MR) is 84.3 cm³/mol. The molecular formula is C15H19N3O4S. The van der Waals surface area contributed by atoms with Crippen LogP contribution in [0.4, 0.5) is 0 Å². The van der Waals surface area contributed by atoms with Gasteiger partial charge in [-0.15, -0.1) is 0 Å². The fraction of sp³-hybridized carbons (Fsp3) is 0.333. The van der Waals surface area contributed by atoms with Crippen molar-refractivity contribution in [3.63, 3.8) is 0 Å². The van der Waals surface area contributed by atoms with Gasteiger partial charge in [-0.2, -0.15) is 9.40 Å². The molecule has 23 heavy (non-hydrogen) atoms. The number of nitrogens with one attached hydrogen (secondary N) is 1. The lowest BCUT2D eigenvalue weighted by atomic mass is 10.2. The molecule has 0 fully saturated rings. The van der Waals surface area contributed by atoms with Gasteiger partial charge in [-0.05, 0) is 26.3 Å². The molecule has 0 spiro atoms. The zero-order valence-corrected chi connectivity index (χ0v) is 14.0. The number of aromatic nitrogens is 2. The summed E-state index contributed by atoms with van der Waals surface area (Å²) >= 11 is 0. The minimum Gasteiger partial charge on any atom is -0.480 e. The van der Waals surface area contributed by atoms with E-state index in [-0.39, 0.29) is 11.4 Å². The Morgan fingerprint density at radius 1 is 1.30 bits per heavy atom. The molecule has 1 unspecified atom stereocenters. The lowest BCUT2D eigenvalue weighted by Gasteiger charge is -2.26. The van der Waals surface area contributed by atoms with Gasteiger partial charge in [0, 0.05) is 6.54 Å². The van der Waals surface area contributed by atoms with Crippen molar-refractivity contribution in [3.05, 3.63) is 47.3 Å². The maximum Gasteiger partial charge on any atom is 0.321 e. The zero-order valence-electron chi connectivity index (χ0n) is 13.1. The molecule has 1 aromatic heterocycles. The van der Waals surface area contributed by atoms with E-state index in [0.29, 0.717) is 17.0 Å². The van der Waals surface area contributed by atoms with Gasteiger partial charge >= 0.3 is 5.97 Å². The molecule has 2 rings (SSSR count). The third-order valence-electron chi connectivity index (χ3n) is 3.60. The number of carbonyl (C=O) groups is 1. The second kappa shape index (κ2) is 6.51. The van der Waals surface area contributed by atoms with Crippen LogP contribution in [-0.4, -0.2) is 40.0 Å². The highest BCUT2D eigenvalue weighted by molar-refractivity contribution is 7.89. The number of carboxylic acid groups (broad SMARTS) is 1. The van der Waals surface area contributed by atoms with Gasteiger partial charge in [0.1, 0.15) is 10.9 Å². The number of aryl methyl sites for hydroxylation is 2. The first-order valence-electron chi connectivity index (χ1n) is 7.05. The Labute approximate surface area is 135 Å². The van der Waals surface area contributed by atoms with Gasteiger partial charge in [0.25, 0.3) is 0 Å². The molecule has 0 aliphatic heterocycles. The van der Waals surface area contributed by atoms with Gasteiger partial charge < -0.3 is 5.11 Å². The van der Waals surface area contributed by atoms with Crippen LogP contribution in [0.1, 0.15) is 23.9 Å². The fourth-order valence-corrected chi connectivity index (χ4v) is 4.27. The van der Waals surface area contributed by atoms with Crippen molar-refractivity contribution in [1.29, 1.82) is 0 Å². The summed E-state index contributed by atoms with van der Waals surface area (Å²) in [6.45, 7) is 4.50. The monoisotopic (exact) mass is 337 g/mol. The molecule has 2 N–H and O–H groups in total. The highest BCUT2D eigenvalue weighted by Crippen LogP contribution is 2.25. The van der Waals surface area contributed by atoms with Crippen molar-refractivity contribution in [2.24, 2.45) is 0 Å². The number of hydrogen-bond acceptors (Lipinski definition) is 4. The minimum absolute atomic E-state index is 0.0271. The van der Waals surface area contributed by atoms with E-state index in [0.717, 1.165) is 4.31 Å². The zero-order chi connectivity index (χ0) is 17.2. The van der Waals surface area contributed by atoms with Gasteiger partial charge in [0.2, 0.25) is 10.0 Å². The van der Waals surface area contributed by atoms with Gasteiger partial charge in [0.05, 0.1) is 11.4 Å². The number of nitrogens with zero attached hydrogens (tertiary/aromatic N) is 2. The molecule has 1 heterocycles. The van der Waals surface area contributed by atoms with Crippen LogP contribution in [-0.2, 0) is 21.4 Å². The Morgan fingerprint density at radius 3 is 2.39 bits per heavy atom. The number of H-pyrrole nitrogens is 1. The van der Waals surface area contributed by atoms with Crippen LogP contribution < -0.4 is 0 Å². The largest absolute Gasteiger partial charge is 0.480 e. The van der Waals surface area contributed by atoms with Crippen molar-refractivity contribution in [2.75, 3.05) is 0 Å². The number of benzene rings is 1. The number of aliphatic carboxylic acids is 1. The van der Waals surface area contributed by atoms with E-state index in [9.17, 15) is 18.3 Å². The predicted octanol–water partition coefficient (Wildman–Crippen LogP) is 1.69. The summed E-state index contributed by atoms with van der Waals surface area (Å²) in [6.07, 6.45) is 0. The lowest BCUT2D eigenvalue weighted by Crippen LogP contribution is -2.42. The van der Waals surface area contributed by atoms with Crippen LogP contribution >= 0.6 is 0 Å². The summed E-state index contributed by atoms with van der Waals surface area (Å²) in [5, 5.41) is 15.8. The third-order valence-corrected chi connectivity index (χ3v) is 5.78. The Bertz CT molecular complexity index is 780. The molecule has 0 amide bonds. The first-order valence-corrected chi connectivity index (χ1v) is 8.49. The van der Waals surface area contributed by atoms with Crippen molar-refractivity contribution < 1.29 is 18.3 Å². The van der Waals surface area contributed by atoms with Gasteiger partial charge in [0.15, 0.2) is 0 Å². The molecule has 7 nitrogen and oxygen atoms in total. The van der Waals surface area contributed by atoms with Gasteiger partial charge in [-0.25, -0.2) is 8.42 Å². The number of carboxylic acids is 1. The summed E-state index contributed by atoms with van der Waals surface area (Å²) in [6, 6.07) is 7.68. The maximum absolute atomic E-state index is 13.0. The summed E-state index contributed by atoms with van der Waals surface area (Å²) in [4.78, 5) is 11.4. The topological polar surface area (TPSA) is 103 Å². The van der Waals surface area contributed by atoms with Crippen molar-refractivity contribution in [2.45, 2.75) is 38.3 Å². The minimum atomic E-state index is -4.00. The van der Waals surface area contributed by atoms with Crippen LogP contribution in [0.5, 0.6) is 0 Å². The molecule has 8 heteroatoms. The highest BCUT2D eigenvalue weighted by atomic mass is 32.2. The molecule has 2 aromatic rings. The molecule has 0 saturated heterocycles. The van der Waals surface area contributed by atoms with E-state index in [1.165, 1.54) is 6.92 Å². The van der Waals surface area contributed by atoms with E-state index in [1.54, 1.807) is 38.1 Å². The van der Waals surface area contributed by atoms with Crippen LogP contribution in [0.2, 0.25) is 0 Å². The van der Waals surface area contributed by atoms with Crippen molar-refractivity contribution in [1.82, 2.24) is 14.5 Å². The van der Waals surface area contributed by atoms with E-state index in [1.807, 2.05) is 6.07 Å². The molecule has 1 atom stereocenters. The smallest absolute Gasteiger partial charge is 0.321 e. The maximum atomic E-state index is 13.0. The normalized spacial score (nSPS) is 13.2. The second-order valence-corrected chi connectivity index (χ2v) is 7.14. The molecule has 0 aliphatic carbocycles. The van der Waals surface area contributed by atoms with Gasteiger partial charge in [-0.3, -0.25) is 9.89 Å². The molecule has 0 radical (unpaired) electrons. The van der Waals surface area contributed by atoms with E-state index in [4.69, 9.17) is 0 Å². The van der Waals surface area contributed by atoms with Crippen LogP contribution in [0, 0.1) is 13.8 Å². The first kappa shape index (κ1) is 17.2. The molecule has 0 saturated carbocycles. The van der Waals surface area contributed by atoms with Crippen molar-refractivity contribution in [3.8, 4) is 0 Å². The van der Waals surface area contributed by atoms with E-state index >= 15 is 0 Å². The average molecular weight is 337 g/mol. The highest BCUT2D eigenvalue weighted by Gasteiger charge is 2.36. The second-order valence-electron chi connectivity index (χ2n) is 5.31. The Morgan fingerprint density at radius 2 is 1.91 bits per heavy atom. The number of rotatable bonds is 6. The Balaban J connectivity index is 2.51. The quantitative estimate of drug-likeness (QED) is 0.835. The average Bonchev–Trinajstić information content (AvgIpc) is 2.84. The summed E-state index contributed by atoms with van der Waals surface area (Å²) < 4.78 is 27.0. The Hall–Kier alpha value is -2.19. The van der Waals surface area contributed by atoms with Crippen LogP contribution in [0.25, 0.3) is 0 Å². The molecule has 0 bridgehead atoms. The number of sulfonamides is 1. The summed E-state index contributed by atoms with van der Waals surface area (Å²) in [5.74, 6) is -1.21. The molecular weight excluding hydrogens is 318 g/mol. The van der Waals surface area contributed by atoms with E-state index in [2.05, 4.69) is 10.2 Å². The standard InChI is InChI=1S/C15H19N3O4S/c1-10-14(11(2)17-16-10)23(21,22)18(12(3)15(19)20)9-13-7-5-4-6-8-13/h4-8,12H,9H2,1-3H3,(H,16,17)(H,19,20). The first-order chi connectivity index (χ1) is 10.7. The fourth-order valence-electron chi connectivity index (χ4n) is 2.35. The lowest BCUT2D eigenvalue weighted by molar-refractivity contribution is -0.141. The molecule has 0 aliphatic rings. The van der Waals surface area contributed by atoms with Crippen LogP contribution in [0.3, 0.4) is 0 Å². The Kier molecular flexibility index (Phi) is 4.86. The number of hydrogen-bond donors (Lipinski definition) is 2. The summed E-state index contributed by atoms with van der Waals surface area (Å²) in [7, 11) is -4.00. The third kappa shape index (κ3) is 3.43. The number of aromatic amines is 1. The van der Waals surface area contributed by atoms with Crippen LogP contribution in [0.15, 0.2) is 35.2 Å². The molecule has 124 valence electrons. The van der Waals surface area contributed by atoms with Crippen molar-refractivity contribution >= 4 is 16.0 Å². The summed E-state index contributed by atoms with van der Waals surface area (Å²) in [5.41, 5.74) is 1.42. The SMILES string of the molecule is Cc1n[nH]c(C)c1S(=O)(=O)N(Cc1ccccc1)C(C)C(=O)O. The van der Waals surface area contributed by atoms with Gasteiger partial charge in [-0.1, -0.05) is 30.3 Å².